The Kier molecular flexibility index (Phi) is 4.71. The van der Waals surface area contributed by atoms with E-state index in [4.69, 9.17) is 9.84 Å². The Labute approximate surface area is 152 Å². The maximum Gasteiger partial charge on any atom is 0.200 e. The van der Waals surface area contributed by atoms with Gasteiger partial charge in [-0.25, -0.2) is 0 Å². The van der Waals surface area contributed by atoms with Crippen LogP contribution in [-0.4, -0.2) is 51.7 Å². The average molecular weight is 353 g/mol. The number of rotatable bonds is 5. The van der Waals surface area contributed by atoms with Gasteiger partial charge in [-0.05, 0) is 55.5 Å². The zero-order chi connectivity index (χ0) is 17.9. The van der Waals surface area contributed by atoms with E-state index in [1.165, 1.54) is 0 Å². The lowest BCUT2D eigenvalue weighted by Gasteiger charge is -2.33. The molecule has 0 radical (unpaired) electrons. The number of aromatic nitrogens is 4. The monoisotopic (exact) mass is 353 g/mol. The predicted molar refractivity (Wildman–Crippen MR) is 99.4 cm³/mol. The molecule has 1 aromatic carbocycles. The minimum absolute atomic E-state index is 0.274. The molecule has 7 nitrogen and oxygen atoms in total. The highest BCUT2D eigenvalue weighted by Crippen LogP contribution is 2.30. The molecule has 1 aliphatic heterocycles. The van der Waals surface area contributed by atoms with Crippen LogP contribution in [0, 0.1) is 5.92 Å². The normalized spacial score (nSPS) is 15.5. The third-order valence-electron chi connectivity index (χ3n) is 5.13. The van der Waals surface area contributed by atoms with Gasteiger partial charge < -0.3 is 14.7 Å². The number of anilines is 1. The summed E-state index contributed by atoms with van der Waals surface area (Å²) >= 11 is 0. The van der Waals surface area contributed by atoms with Gasteiger partial charge in [0, 0.05) is 25.3 Å². The fourth-order valence-electron chi connectivity index (χ4n) is 3.59. The number of ether oxygens (including phenoxy) is 1. The lowest BCUT2D eigenvalue weighted by atomic mass is 9.93. The number of piperidine rings is 1. The lowest BCUT2D eigenvalue weighted by molar-refractivity contribution is 0.240. The molecular formula is C19H23N5O2. The smallest absolute Gasteiger partial charge is 0.200 e. The molecule has 0 spiro atoms. The summed E-state index contributed by atoms with van der Waals surface area (Å²) in [6.07, 6.45) is 4.70. The van der Waals surface area contributed by atoms with Crippen molar-refractivity contribution in [3.8, 4) is 17.0 Å². The van der Waals surface area contributed by atoms with Crippen LogP contribution in [0.3, 0.4) is 0 Å². The first-order chi connectivity index (χ1) is 12.8. The van der Waals surface area contributed by atoms with Crippen molar-refractivity contribution in [2.45, 2.75) is 19.3 Å². The molecule has 0 unspecified atom stereocenters. The highest BCUT2D eigenvalue weighted by atomic mass is 16.5. The summed E-state index contributed by atoms with van der Waals surface area (Å²) in [6, 6.07) is 9.99. The molecule has 26 heavy (non-hydrogen) atoms. The zero-order valence-corrected chi connectivity index (χ0v) is 14.9. The summed E-state index contributed by atoms with van der Waals surface area (Å²) in [7, 11) is 1.66. The second-order valence-corrected chi connectivity index (χ2v) is 6.69. The molecule has 0 bridgehead atoms. The summed E-state index contributed by atoms with van der Waals surface area (Å²) in [5.74, 6) is 1.43. The molecule has 0 atom stereocenters. The third kappa shape index (κ3) is 3.22. The predicted octanol–water partition coefficient (Wildman–Crippen LogP) is 2.40. The van der Waals surface area contributed by atoms with Crippen LogP contribution < -0.4 is 9.64 Å². The van der Waals surface area contributed by atoms with Crippen molar-refractivity contribution in [3.63, 3.8) is 0 Å². The summed E-state index contributed by atoms with van der Waals surface area (Å²) in [4.78, 5) is 2.35. The first-order valence-corrected chi connectivity index (χ1v) is 9.00. The van der Waals surface area contributed by atoms with Gasteiger partial charge in [0.25, 0.3) is 0 Å². The average Bonchev–Trinajstić information content (AvgIpc) is 3.17. The van der Waals surface area contributed by atoms with Gasteiger partial charge in [-0.1, -0.05) is 0 Å². The van der Waals surface area contributed by atoms with E-state index < -0.39 is 0 Å². The summed E-state index contributed by atoms with van der Waals surface area (Å²) in [5, 5.41) is 22.1. The SMILES string of the molecule is COc1ccc(-c2cc(N3CCC(CCO)CC3)c3nncn3n2)cc1. The van der Waals surface area contributed by atoms with Crippen molar-refractivity contribution in [2.24, 2.45) is 5.92 Å². The Hall–Kier alpha value is -2.67. The number of nitrogens with zero attached hydrogens (tertiary/aromatic N) is 5. The van der Waals surface area contributed by atoms with Crippen LogP contribution >= 0.6 is 0 Å². The van der Waals surface area contributed by atoms with Crippen LogP contribution in [0.2, 0.25) is 0 Å². The van der Waals surface area contributed by atoms with Crippen LogP contribution in [0.4, 0.5) is 5.69 Å². The van der Waals surface area contributed by atoms with E-state index in [2.05, 4.69) is 26.3 Å². The number of benzene rings is 1. The maximum atomic E-state index is 9.16. The second-order valence-electron chi connectivity index (χ2n) is 6.69. The van der Waals surface area contributed by atoms with E-state index in [1.807, 2.05) is 24.3 Å². The topological polar surface area (TPSA) is 75.8 Å². The summed E-state index contributed by atoms with van der Waals surface area (Å²) in [5.41, 5.74) is 3.75. The van der Waals surface area contributed by atoms with Crippen LogP contribution in [0.5, 0.6) is 5.75 Å². The molecule has 1 fully saturated rings. The van der Waals surface area contributed by atoms with E-state index in [9.17, 15) is 0 Å². The first kappa shape index (κ1) is 16.8. The molecule has 7 heteroatoms. The van der Waals surface area contributed by atoms with Crippen molar-refractivity contribution in [1.29, 1.82) is 0 Å². The van der Waals surface area contributed by atoms with E-state index in [-0.39, 0.29) is 6.61 Å². The Bertz CT molecular complexity index is 869. The number of aliphatic hydroxyl groups is 1. The Morgan fingerprint density at radius 2 is 1.96 bits per heavy atom. The van der Waals surface area contributed by atoms with Crippen molar-refractivity contribution in [2.75, 3.05) is 31.7 Å². The van der Waals surface area contributed by atoms with Crippen molar-refractivity contribution in [3.05, 3.63) is 36.7 Å². The molecule has 4 rings (SSSR count). The van der Waals surface area contributed by atoms with E-state index in [0.717, 1.165) is 60.7 Å². The molecule has 1 aliphatic rings. The van der Waals surface area contributed by atoms with Crippen molar-refractivity contribution >= 4 is 11.3 Å². The van der Waals surface area contributed by atoms with Gasteiger partial charge in [-0.2, -0.15) is 9.61 Å². The fraction of sp³-hybridized carbons (Fsp3) is 0.421. The first-order valence-electron chi connectivity index (χ1n) is 9.00. The van der Waals surface area contributed by atoms with Crippen LogP contribution in [0.1, 0.15) is 19.3 Å². The van der Waals surface area contributed by atoms with Gasteiger partial charge in [-0.15, -0.1) is 10.2 Å². The molecule has 2 aromatic heterocycles. The van der Waals surface area contributed by atoms with Crippen LogP contribution in [-0.2, 0) is 0 Å². The van der Waals surface area contributed by atoms with Gasteiger partial charge in [0.1, 0.15) is 12.1 Å². The Morgan fingerprint density at radius 3 is 2.65 bits per heavy atom. The molecule has 0 amide bonds. The maximum absolute atomic E-state index is 9.16. The third-order valence-corrected chi connectivity index (χ3v) is 5.13. The van der Waals surface area contributed by atoms with Gasteiger partial charge in [0.2, 0.25) is 5.65 Å². The molecule has 1 N–H and O–H groups in total. The molecule has 3 aromatic rings. The molecular weight excluding hydrogens is 330 g/mol. The van der Waals surface area contributed by atoms with Crippen molar-refractivity contribution in [1.82, 2.24) is 19.8 Å². The summed E-state index contributed by atoms with van der Waals surface area (Å²) < 4.78 is 6.98. The number of hydrogen-bond donors (Lipinski definition) is 1. The minimum Gasteiger partial charge on any atom is -0.497 e. The number of hydrogen-bond acceptors (Lipinski definition) is 6. The van der Waals surface area contributed by atoms with Gasteiger partial charge in [-0.3, -0.25) is 0 Å². The number of fused-ring (bicyclic) bond motifs is 1. The highest BCUT2D eigenvalue weighted by molar-refractivity contribution is 5.74. The second kappa shape index (κ2) is 7.29. The van der Waals surface area contributed by atoms with Gasteiger partial charge in [0.15, 0.2) is 0 Å². The van der Waals surface area contributed by atoms with Gasteiger partial charge >= 0.3 is 0 Å². The zero-order valence-electron chi connectivity index (χ0n) is 14.9. The molecule has 1 saturated heterocycles. The molecule has 3 heterocycles. The number of methoxy groups -OCH3 is 1. The molecule has 0 saturated carbocycles. The molecule has 136 valence electrons. The quantitative estimate of drug-likeness (QED) is 0.759. The van der Waals surface area contributed by atoms with E-state index >= 15 is 0 Å². The largest absolute Gasteiger partial charge is 0.497 e. The lowest BCUT2D eigenvalue weighted by Crippen LogP contribution is -2.34. The van der Waals surface area contributed by atoms with Crippen LogP contribution in [0.25, 0.3) is 16.9 Å². The van der Waals surface area contributed by atoms with Crippen LogP contribution in [0.15, 0.2) is 36.7 Å². The number of aliphatic hydroxyl groups excluding tert-OH is 1. The van der Waals surface area contributed by atoms with Crippen molar-refractivity contribution < 1.29 is 9.84 Å². The Balaban J connectivity index is 1.67. The van der Waals surface area contributed by atoms with Gasteiger partial charge in [0.05, 0.1) is 18.5 Å². The summed E-state index contributed by atoms with van der Waals surface area (Å²) in [6.45, 7) is 2.19. The van der Waals surface area contributed by atoms with E-state index in [0.29, 0.717) is 5.92 Å². The standard InChI is InChI=1S/C19H23N5O2/c1-26-16-4-2-15(3-5-16)17-12-18(19-21-20-13-24(19)22-17)23-9-6-14(7-10-23)8-11-25/h2-5,12-14,25H,6-11H2,1H3. The van der Waals surface area contributed by atoms with E-state index in [1.54, 1.807) is 18.0 Å². The highest BCUT2D eigenvalue weighted by Gasteiger charge is 2.22. The minimum atomic E-state index is 0.274. The Morgan fingerprint density at radius 1 is 1.19 bits per heavy atom. The molecule has 0 aliphatic carbocycles. The fourth-order valence-corrected chi connectivity index (χ4v) is 3.59.